The molecule has 0 radical (unpaired) electrons. The highest BCUT2D eigenvalue weighted by molar-refractivity contribution is 8.05. The zero-order chi connectivity index (χ0) is 32.0. The first kappa shape index (κ1) is 38.6. The van der Waals surface area contributed by atoms with Crippen LogP contribution < -0.4 is 4.13 Å². The van der Waals surface area contributed by atoms with Gasteiger partial charge in [0.25, 0.3) is 26.4 Å². The normalized spacial score (nSPS) is 16.5. The summed E-state index contributed by atoms with van der Waals surface area (Å²) in [5, 5.41) is -20.3. The highest BCUT2D eigenvalue weighted by Crippen LogP contribution is 2.44. The van der Waals surface area contributed by atoms with Gasteiger partial charge in [0.1, 0.15) is 0 Å². The van der Waals surface area contributed by atoms with Gasteiger partial charge in [-0.25, -0.2) is 21.2 Å². The van der Waals surface area contributed by atoms with E-state index in [0.717, 1.165) is 0 Å². The lowest BCUT2D eigenvalue weighted by Crippen LogP contribution is -2.57. The fraction of sp³-hybridized carbons (Fsp3) is 1.00. The lowest BCUT2D eigenvalue weighted by Gasteiger charge is -2.25. The second-order valence-corrected chi connectivity index (χ2v) is 10.8. The summed E-state index contributed by atoms with van der Waals surface area (Å²) >= 11 is 0. The average Bonchev–Trinajstić information content (AvgIpc) is 2.56. The van der Waals surface area contributed by atoms with Crippen LogP contribution in [0.4, 0.5) is 79.0 Å². The molecule has 1 atom stereocenters. The van der Waals surface area contributed by atoms with Crippen LogP contribution in [0, 0.1) is 0 Å². The lowest BCUT2D eigenvalue weighted by atomic mass is 10.6. The number of sulfonamides is 2. The Morgan fingerprint density at radius 3 is 1.00 bits per heavy atom. The molecule has 0 aliphatic heterocycles. The van der Waals surface area contributed by atoms with Gasteiger partial charge >= 0.3 is 50.5 Å². The third-order valence-corrected chi connectivity index (χ3v) is 7.18. The molecule has 0 saturated heterocycles. The van der Waals surface area contributed by atoms with E-state index in [1.807, 2.05) is 4.74 Å². The molecule has 0 aromatic heterocycles. The van der Waals surface area contributed by atoms with Gasteiger partial charge in [-0.05, 0) is 0 Å². The maximum Gasteiger partial charge on any atom is 0.471 e. The molecule has 0 bridgehead atoms. The summed E-state index contributed by atoms with van der Waals surface area (Å²) in [6, 6.07) is 0. The molecule has 9 nitrogen and oxygen atoms in total. The summed E-state index contributed by atoms with van der Waals surface area (Å²) in [6.45, 7) is 0. The van der Waals surface area contributed by atoms with Crippen LogP contribution in [0.5, 0.6) is 0 Å². The van der Waals surface area contributed by atoms with Gasteiger partial charge in [-0.2, -0.15) is 83.1 Å². The molecule has 0 heterocycles. The predicted octanol–water partition coefficient (Wildman–Crippen LogP) is 3.48. The summed E-state index contributed by atoms with van der Waals surface area (Å²) in [4.78, 5) is 0. The summed E-state index contributed by atoms with van der Waals surface area (Å²) in [7, 11) is -21.8. The third kappa shape index (κ3) is 8.00. The molecular weight excluding hydrogens is 676 g/mol. The van der Waals surface area contributed by atoms with Crippen LogP contribution in [0.25, 0.3) is 0 Å². The lowest BCUT2D eigenvalue weighted by molar-refractivity contribution is -0.394. The van der Waals surface area contributed by atoms with Crippen LogP contribution in [-0.4, -0.2) is 76.6 Å². The second kappa shape index (κ2) is 10.5. The van der Waals surface area contributed by atoms with E-state index in [4.69, 9.17) is 4.55 Å². The standard InChI is InChI=1S/C4HF10NO4S2.C4H2F8O4S/c5-1(6,7)3(11,12)20(16,17)15-21(18,19)4(13,14)2(8,9)10;5-1(2(6,7)8)16-3(9,10)4(11,12)17(13,14)15/h15H;1H,(H,13,14,15). The largest absolute Gasteiger partial charge is 0.471 e. The van der Waals surface area contributed by atoms with Crippen molar-refractivity contribution in [3.63, 3.8) is 0 Å². The number of hydrogen-bond donors (Lipinski definition) is 2. The maximum atomic E-state index is 12.4. The molecule has 2 N–H and O–H groups in total. The highest BCUT2D eigenvalue weighted by atomic mass is 32.3. The van der Waals surface area contributed by atoms with E-state index < -0.39 is 81.1 Å². The number of hydrogen-bond acceptors (Lipinski definition) is 7. The Morgan fingerprint density at radius 2 is 0.816 bits per heavy atom. The summed E-state index contributed by atoms with van der Waals surface area (Å²) in [6.07, 6.45) is -31.3. The summed E-state index contributed by atoms with van der Waals surface area (Å²) < 4.78 is 284. The second-order valence-electron chi connectivity index (χ2n) is 5.60. The molecular formula is C8H3F18NO8S3. The molecule has 232 valence electrons. The van der Waals surface area contributed by atoms with E-state index in [-0.39, 0.29) is 0 Å². The van der Waals surface area contributed by atoms with Crippen molar-refractivity contribution in [2.45, 2.75) is 46.8 Å². The van der Waals surface area contributed by atoms with Crippen LogP contribution in [-0.2, 0) is 34.9 Å². The van der Waals surface area contributed by atoms with E-state index in [0.29, 0.717) is 0 Å². The number of nitrogens with one attached hydrogen (secondary N) is 1. The van der Waals surface area contributed by atoms with Crippen molar-refractivity contribution in [2.24, 2.45) is 0 Å². The minimum absolute atomic E-state index is 0.969. The minimum Gasteiger partial charge on any atom is -0.281 e. The number of halogens is 18. The fourth-order valence-corrected chi connectivity index (χ4v) is 3.92. The Bertz CT molecular complexity index is 1100. The molecule has 0 aromatic rings. The van der Waals surface area contributed by atoms with Gasteiger partial charge in [0.05, 0.1) is 0 Å². The molecule has 1 unspecified atom stereocenters. The molecule has 38 heavy (non-hydrogen) atoms. The number of alkyl halides is 18. The van der Waals surface area contributed by atoms with Crippen molar-refractivity contribution in [3.8, 4) is 0 Å². The topological polar surface area (TPSA) is 144 Å². The van der Waals surface area contributed by atoms with Crippen LogP contribution in [0.15, 0.2) is 0 Å². The minimum atomic E-state index is -7.49. The first-order valence-corrected chi connectivity index (χ1v) is 11.5. The number of ether oxygens (including phenoxy) is 1. The number of rotatable bonds is 8. The molecule has 0 amide bonds. The first-order valence-electron chi connectivity index (χ1n) is 7.11. The van der Waals surface area contributed by atoms with Gasteiger partial charge in [0.2, 0.25) is 0 Å². The van der Waals surface area contributed by atoms with E-state index in [2.05, 4.69) is 0 Å². The Kier molecular flexibility index (Phi) is 10.6. The van der Waals surface area contributed by atoms with Crippen LogP contribution >= 0.6 is 0 Å². The quantitative estimate of drug-likeness (QED) is 0.294. The fourth-order valence-electron chi connectivity index (χ4n) is 0.969. The maximum absolute atomic E-state index is 12.4. The predicted molar refractivity (Wildman–Crippen MR) is 76.5 cm³/mol. The SMILES string of the molecule is O=S(=O)(NS(=O)(=O)C(F)(F)C(F)(F)F)C(F)(F)C(F)(F)F.O=S(=O)(O)C(F)(F)C(F)(F)OC(F)C(F)(F)F. The molecule has 0 rings (SSSR count). The van der Waals surface area contributed by atoms with Gasteiger partial charge in [-0.3, -0.25) is 9.29 Å². The zero-order valence-corrected chi connectivity index (χ0v) is 18.4. The van der Waals surface area contributed by atoms with E-state index in [1.54, 1.807) is 0 Å². The Hall–Kier alpha value is -1.53. The molecule has 0 aliphatic rings. The van der Waals surface area contributed by atoms with Gasteiger partial charge in [0, 0.05) is 0 Å². The van der Waals surface area contributed by atoms with Crippen molar-refractivity contribution in [3.05, 3.63) is 0 Å². The molecule has 0 saturated carbocycles. The van der Waals surface area contributed by atoms with Crippen LogP contribution in [0.2, 0.25) is 0 Å². The van der Waals surface area contributed by atoms with Gasteiger partial charge in [-0.15, -0.1) is 0 Å². The van der Waals surface area contributed by atoms with E-state index in [9.17, 15) is 104 Å². The van der Waals surface area contributed by atoms with Gasteiger partial charge in [0.15, 0.2) is 0 Å². The Balaban J connectivity index is 0. The molecule has 30 heteroatoms. The average molecular weight is 679 g/mol. The monoisotopic (exact) mass is 679 g/mol. The smallest absolute Gasteiger partial charge is 0.281 e. The Labute approximate surface area is 195 Å². The van der Waals surface area contributed by atoms with Gasteiger partial charge < -0.3 is 0 Å². The van der Waals surface area contributed by atoms with Gasteiger partial charge in [-0.1, -0.05) is 4.13 Å². The Morgan fingerprint density at radius 1 is 0.553 bits per heavy atom. The third-order valence-electron chi connectivity index (χ3n) is 2.73. The van der Waals surface area contributed by atoms with E-state index in [1.165, 1.54) is 0 Å². The van der Waals surface area contributed by atoms with Crippen molar-refractivity contribution in [2.75, 3.05) is 0 Å². The summed E-state index contributed by atoms with van der Waals surface area (Å²) in [5.74, 6) is 0. The van der Waals surface area contributed by atoms with Crippen LogP contribution in [0.3, 0.4) is 0 Å². The summed E-state index contributed by atoms with van der Waals surface area (Å²) in [5.41, 5.74) is 0. The molecule has 0 spiro atoms. The van der Waals surface area contributed by atoms with Crippen molar-refractivity contribution in [1.82, 2.24) is 4.13 Å². The zero-order valence-electron chi connectivity index (χ0n) is 15.9. The molecule has 0 aliphatic carbocycles. The van der Waals surface area contributed by atoms with Crippen LogP contribution in [0.1, 0.15) is 0 Å². The van der Waals surface area contributed by atoms with Crippen molar-refractivity contribution in [1.29, 1.82) is 0 Å². The first-order chi connectivity index (χ1) is 15.8. The van der Waals surface area contributed by atoms with Crippen molar-refractivity contribution < 1.29 is 114 Å². The van der Waals surface area contributed by atoms with E-state index >= 15 is 0 Å². The highest BCUT2D eigenvalue weighted by Gasteiger charge is 2.73. The van der Waals surface area contributed by atoms with Crippen molar-refractivity contribution >= 4 is 30.2 Å². The molecule has 0 aromatic carbocycles. The molecule has 0 fully saturated rings.